The lowest BCUT2D eigenvalue weighted by molar-refractivity contribution is -0.146. The first-order chi connectivity index (χ1) is 12.8. The number of halogens is 1. The second-order valence-corrected chi connectivity index (χ2v) is 7.98. The van der Waals surface area contributed by atoms with Gasteiger partial charge in [0.05, 0.1) is 29.9 Å². The van der Waals surface area contributed by atoms with Gasteiger partial charge in [-0.25, -0.2) is 8.42 Å². The molecule has 0 aliphatic heterocycles. The monoisotopic (exact) mass is 411 g/mol. The van der Waals surface area contributed by atoms with Crippen LogP contribution in [0.5, 0.6) is 5.75 Å². The molecule has 0 spiro atoms. The highest BCUT2D eigenvalue weighted by Crippen LogP contribution is 2.22. The van der Waals surface area contributed by atoms with Gasteiger partial charge in [0.15, 0.2) is 16.4 Å². The van der Waals surface area contributed by atoms with Gasteiger partial charge in [-0.3, -0.25) is 9.59 Å². The fourth-order valence-electron chi connectivity index (χ4n) is 2.13. The minimum Gasteiger partial charge on any atom is -0.495 e. The summed E-state index contributed by atoms with van der Waals surface area (Å²) in [5.74, 6) is -1.32. The van der Waals surface area contributed by atoms with Crippen LogP contribution in [0.1, 0.15) is 6.42 Å². The number of hydrogen-bond acceptors (Lipinski definition) is 6. The predicted octanol–water partition coefficient (Wildman–Crippen LogP) is 2.69. The van der Waals surface area contributed by atoms with Crippen molar-refractivity contribution in [3.8, 4) is 5.75 Å². The Balaban J connectivity index is 1.82. The van der Waals surface area contributed by atoms with Crippen molar-refractivity contribution in [1.82, 2.24) is 0 Å². The molecule has 0 fully saturated rings. The van der Waals surface area contributed by atoms with Gasteiger partial charge in [0.1, 0.15) is 5.75 Å². The molecule has 2 aromatic rings. The van der Waals surface area contributed by atoms with Crippen LogP contribution in [0.4, 0.5) is 5.69 Å². The van der Waals surface area contributed by atoms with Gasteiger partial charge in [0.25, 0.3) is 5.91 Å². The molecule has 2 aromatic carbocycles. The fourth-order valence-corrected chi connectivity index (χ4v) is 3.48. The lowest BCUT2D eigenvalue weighted by Gasteiger charge is -2.10. The Morgan fingerprint density at radius 1 is 1.07 bits per heavy atom. The molecule has 0 atom stereocenters. The molecule has 0 aliphatic carbocycles. The van der Waals surface area contributed by atoms with Crippen LogP contribution in [-0.4, -0.2) is 39.8 Å². The van der Waals surface area contributed by atoms with Crippen LogP contribution in [0.2, 0.25) is 5.02 Å². The summed E-state index contributed by atoms with van der Waals surface area (Å²) >= 11 is 5.72. The minimum atomic E-state index is -3.64. The van der Waals surface area contributed by atoms with Gasteiger partial charge < -0.3 is 14.8 Å². The van der Waals surface area contributed by atoms with Crippen molar-refractivity contribution in [2.75, 3.05) is 24.8 Å². The van der Waals surface area contributed by atoms with E-state index in [9.17, 15) is 18.0 Å². The van der Waals surface area contributed by atoms with Crippen molar-refractivity contribution >= 4 is 39.0 Å². The van der Waals surface area contributed by atoms with Gasteiger partial charge in [0.2, 0.25) is 0 Å². The Morgan fingerprint density at radius 3 is 2.41 bits per heavy atom. The van der Waals surface area contributed by atoms with E-state index in [2.05, 4.69) is 5.32 Å². The van der Waals surface area contributed by atoms with E-state index in [1.165, 1.54) is 31.4 Å². The summed E-state index contributed by atoms with van der Waals surface area (Å²) in [5.41, 5.74) is 0.436. The van der Waals surface area contributed by atoms with E-state index in [1.807, 2.05) is 0 Å². The standard InChI is InChI=1S/C18H18ClNO6S/c1-25-16-5-3-2-4-15(16)20-17(21)12-26-18(22)10-11-27(23,24)14-8-6-13(19)7-9-14/h2-9H,10-12H2,1H3,(H,20,21). The number of benzene rings is 2. The van der Waals surface area contributed by atoms with E-state index in [4.69, 9.17) is 21.1 Å². The Morgan fingerprint density at radius 2 is 1.74 bits per heavy atom. The highest BCUT2D eigenvalue weighted by Gasteiger charge is 2.18. The van der Waals surface area contributed by atoms with Gasteiger partial charge in [-0.2, -0.15) is 0 Å². The number of anilines is 1. The zero-order chi connectivity index (χ0) is 19.9. The number of sulfone groups is 1. The normalized spacial score (nSPS) is 10.9. The van der Waals surface area contributed by atoms with E-state index in [-0.39, 0.29) is 11.3 Å². The maximum Gasteiger partial charge on any atom is 0.307 e. The molecule has 0 aliphatic rings. The maximum atomic E-state index is 12.2. The third kappa shape index (κ3) is 6.26. The first-order valence-electron chi connectivity index (χ1n) is 7.88. The second kappa shape index (κ2) is 9.38. The van der Waals surface area contributed by atoms with Gasteiger partial charge >= 0.3 is 5.97 Å². The summed E-state index contributed by atoms with van der Waals surface area (Å²) in [5, 5.41) is 2.96. The molecule has 0 heterocycles. The average Bonchev–Trinajstić information content (AvgIpc) is 2.65. The van der Waals surface area contributed by atoms with Gasteiger partial charge in [-0.1, -0.05) is 23.7 Å². The maximum absolute atomic E-state index is 12.2. The van der Waals surface area contributed by atoms with Crippen LogP contribution in [-0.2, 0) is 24.2 Å². The molecule has 9 heteroatoms. The van der Waals surface area contributed by atoms with E-state index in [0.29, 0.717) is 16.5 Å². The molecular weight excluding hydrogens is 394 g/mol. The number of carbonyl (C=O) groups excluding carboxylic acids is 2. The van der Waals surface area contributed by atoms with Crippen LogP contribution in [0.15, 0.2) is 53.4 Å². The summed E-state index contributed by atoms with van der Waals surface area (Å²) < 4.78 is 34.2. The second-order valence-electron chi connectivity index (χ2n) is 5.43. The van der Waals surface area contributed by atoms with Crippen LogP contribution in [0.3, 0.4) is 0 Å². The Bertz CT molecular complexity index is 912. The van der Waals surface area contributed by atoms with E-state index < -0.39 is 34.1 Å². The van der Waals surface area contributed by atoms with Gasteiger partial charge in [-0.15, -0.1) is 0 Å². The number of para-hydroxylation sites is 2. The first kappa shape index (κ1) is 20.7. The van der Waals surface area contributed by atoms with Crippen LogP contribution >= 0.6 is 11.6 Å². The van der Waals surface area contributed by atoms with Crippen molar-refractivity contribution in [3.63, 3.8) is 0 Å². The lowest BCUT2D eigenvalue weighted by atomic mass is 10.3. The van der Waals surface area contributed by atoms with E-state index in [1.54, 1.807) is 24.3 Å². The number of methoxy groups -OCH3 is 1. The Hall–Kier alpha value is -2.58. The molecule has 2 rings (SSSR count). The molecule has 0 unspecified atom stereocenters. The topological polar surface area (TPSA) is 98.8 Å². The molecular formula is C18H18ClNO6S. The van der Waals surface area contributed by atoms with E-state index >= 15 is 0 Å². The van der Waals surface area contributed by atoms with Gasteiger partial charge in [-0.05, 0) is 36.4 Å². The zero-order valence-corrected chi connectivity index (χ0v) is 16.0. The summed E-state index contributed by atoms with van der Waals surface area (Å²) in [6.45, 7) is -0.530. The SMILES string of the molecule is COc1ccccc1NC(=O)COC(=O)CCS(=O)(=O)c1ccc(Cl)cc1. The summed E-state index contributed by atoms with van der Waals surface area (Å²) in [6.07, 6.45) is -0.368. The molecule has 7 nitrogen and oxygen atoms in total. The molecule has 144 valence electrons. The molecule has 1 N–H and O–H groups in total. The Kier molecular flexibility index (Phi) is 7.20. The highest BCUT2D eigenvalue weighted by atomic mass is 35.5. The van der Waals surface area contributed by atoms with Gasteiger partial charge in [0, 0.05) is 5.02 Å². The summed E-state index contributed by atoms with van der Waals surface area (Å²) in [7, 11) is -2.18. The third-order valence-electron chi connectivity index (χ3n) is 3.49. The fraction of sp³-hybridized carbons (Fsp3) is 0.222. The number of hydrogen-bond donors (Lipinski definition) is 1. The largest absolute Gasteiger partial charge is 0.495 e. The minimum absolute atomic E-state index is 0.0635. The molecule has 0 aromatic heterocycles. The number of nitrogens with one attached hydrogen (secondary N) is 1. The number of amides is 1. The number of ether oxygens (including phenoxy) is 2. The number of carbonyl (C=O) groups is 2. The molecule has 27 heavy (non-hydrogen) atoms. The van der Waals surface area contributed by atoms with Crippen molar-refractivity contribution in [2.24, 2.45) is 0 Å². The summed E-state index contributed by atoms with van der Waals surface area (Å²) in [6, 6.07) is 12.4. The highest BCUT2D eigenvalue weighted by molar-refractivity contribution is 7.91. The molecule has 0 radical (unpaired) electrons. The molecule has 0 bridgehead atoms. The smallest absolute Gasteiger partial charge is 0.307 e. The molecule has 0 saturated heterocycles. The molecule has 1 amide bonds. The number of esters is 1. The molecule has 0 saturated carbocycles. The lowest BCUT2D eigenvalue weighted by Crippen LogP contribution is -2.22. The van der Waals surface area contributed by atoms with Crippen LogP contribution in [0.25, 0.3) is 0 Å². The number of rotatable bonds is 8. The zero-order valence-electron chi connectivity index (χ0n) is 14.5. The van der Waals surface area contributed by atoms with Crippen LogP contribution in [0, 0.1) is 0 Å². The Labute approximate surface area is 162 Å². The van der Waals surface area contributed by atoms with Crippen LogP contribution < -0.4 is 10.1 Å². The van der Waals surface area contributed by atoms with E-state index in [0.717, 1.165) is 0 Å². The predicted molar refractivity (Wildman–Crippen MR) is 101 cm³/mol. The van der Waals surface area contributed by atoms with Crippen molar-refractivity contribution < 1.29 is 27.5 Å². The van der Waals surface area contributed by atoms with Crippen molar-refractivity contribution in [3.05, 3.63) is 53.6 Å². The first-order valence-corrected chi connectivity index (χ1v) is 9.91. The average molecular weight is 412 g/mol. The van der Waals surface area contributed by atoms with Crippen molar-refractivity contribution in [2.45, 2.75) is 11.3 Å². The quantitative estimate of drug-likeness (QED) is 0.670. The van der Waals surface area contributed by atoms with Crippen molar-refractivity contribution in [1.29, 1.82) is 0 Å². The summed E-state index contributed by atoms with van der Waals surface area (Å²) in [4.78, 5) is 23.7. The third-order valence-corrected chi connectivity index (χ3v) is 5.48.